The van der Waals surface area contributed by atoms with E-state index in [1.54, 1.807) is 32.4 Å². The molecule has 1 amide bonds. The summed E-state index contributed by atoms with van der Waals surface area (Å²) in [5.74, 6) is 1.05. The number of nitrogens with one attached hydrogen (secondary N) is 1. The van der Waals surface area contributed by atoms with E-state index in [2.05, 4.69) is 10.4 Å². The van der Waals surface area contributed by atoms with Gasteiger partial charge in [0.25, 0.3) is 5.56 Å². The molecule has 4 aromatic rings. The number of hydrogen-bond donors (Lipinski definition) is 2. The molecule has 2 heterocycles. The number of nitrogens with zero attached hydrogens (tertiary/aromatic N) is 3. The molecule has 0 fully saturated rings. The van der Waals surface area contributed by atoms with Crippen LogP contribution in [0.3, 0.4) is 0 Å². The zero-order valence-electron chi connectivity index (χ0n) is 17.1. The van der Waals surface area contributed by atoms with Crippen molar-refractivity contribution in [3.8, 4) is 11.4 Å². The fourth-order valence-corrected chi connectivity index (χ4v) is 3.65. The van der Waals surface area contributed by atoms with Crippen molar-refractivity contribution in [1.82, 2.24) is 19.5 Å². The van der Waals surface area contributed by atoms with E-state index in [0.29, 0.717) is 23.4 Å². The van der Waals surface area contributed by atoms with E-state index in [9.17, 15) is 9.59 Å². The maximum atomic E-state index is 13.6. The number of para-hydroxylation sites is 1. The van der Waals surface area contributed by atoms with Crippen molar-refractivity contribution in [2.75, 3.05) is 7.11 Å². The van der Waals surface area contributed by atoms with Crippen molar-refractivity contribution in [2.24, 2.45) is 0 Å². The number of ether oxygens (including phenoxy) is 1. The summed E-state index contributed by atoms with van der Waals surface area (Å²) in [5.41, 5.74) is 2.62. The molecule has 8 nitrogen and oxygen atoms in total. The van der Waals surface area contributed by atoms with Crippen LogP contribution in [0.25, 0.3) is 11.2 Å². The molecule has 158 valence electrons. The lowest BCUT2D eigenvalue weighted by Crippen LogP contribution is -2.33. The predicted molar refractivity (Wildman–Crippen MR) is 116 cm³/mol. The van der Waals surface area contributed by atoms with E-state index < -0.39 is 12.1 Å². The number of methoxy groups -OCH3 is 1. The van der Waals surface area contributed by atoms with Gasteiger partial charge in [-0.3, -0.25) is 9.36 Å². The van der Waals surface area contributed by atoms with Gasteiger partial charge in [0.1, 0.15) is 11.3 Å². The molecule has 2 aromatic carbocycles. The molecule has 4 rings (SSSR count). The molecule has 0 spiro atoms. The Labute approximate surface area is 178 Å². The number of rotatable bonds is 6. The first-order valence-electron chi connectivity index (χ1n) is 9.79. The Morgan fingerprint density at radius 3 is 2.65 bits per heavy atom. The van der Waals surface area contributed by atoms with Crippen LogP contribution in [-0.4, -0.2) is 32.5 Å². The van der Waals surface area contributed by atoms with Crippen molar-refractivity contribution in [3.05, 3.63) is 94.2 Å². The van der Waals surface area contributed by atoms with Gasteiger partial charge in [-0.25, -0.2) is 9.31 Å². The number of aromatic nitrogens is 3. The molecule has 1 unspecified atom stereocenters. The second-order valence-electron chi connectivity index (χ2n) is 7.17. The highest BCUT2D eigenvalue weighted by Gasteiger charge is 2.21. The third-order valence-electron chi connectivity index (χ3n) is 5.07. The van der Waals surface area contributed by atoms with Crippen molar-refractivity contribution in [2.45, 2.75) is 19.4 Å². The monoisotopic (exact) mass is 418 g/mol. The first-order valence-corrected chi connectivity index (χ1v) is 9.79. The van der Waals surface area contributed by atoms with E-state index in [1.165, 1.54) is 9.08 Å². The zero-order chi connectivity index (χ0) is 22.0. The summed E-state index contributed by atoms with van der Waals surface area (Å²) < 4.78 is 8.28. The quantitative estimate of drug-likeness (QED) is 0.500. The fraction of sp³-hybridized carbons (Fsp3) is 0.174. The van der Waals surface area contributed by atoms with Gasteiger partial charge in [-0.2, -0.15) is 5.10 Å². The number of carboxylic acid groups (broad SMARTS) is 1. The maximum absolute atomic E-state index is 13.6. The smallest absolute Gasteiger partial charge is 0.405 e. The molecule has 2 N–H and O–H groups in total. The summed E-state index contributed by atoms with van der Waals surface area (Å²) in [7, 11) is 1.61. The Balaban J connectivity index is 1.89. The van der Waals surface area contributed by atoms with Crippen LogP contribution in [0.2, 0.25) is 0 Å². The largest absolute Gasteiger partial charge is 0.497 e. The lowest BCUT2D eigenvalue weighted by Gasteiger charge is -2.18. The van der Waals surface area contributed by atoms with E-state index in [4.69, 9.17) is 9.84 Å². The van der Waals surface area contributed by atoms with Gasteiger partial charge in [-0.1, -0.05) is 30.3 Å². The Hall–Kier alpha value is -4.07. The van der Waals surface area contributed by atoms with Gasteiger partial charge in [0, 0.05) is 6.20 Å². The minimum absolute atomic E-state index is 0.266. The Morgan fingerprint density at radius 2 is 1.94 bits per heavy atom. The van der Waals surface area contributed by atoms with E-state index in [-0.39, 0.29) is 5.56 Å². The van der Waals surface area contributed by atoms with Gasteiger partial charge >= 0.3 is 6.09 Å². The topological polar surface area (TPSA) is 97.9 Å². The molecule has 31 heavy (non-hydrogen) atoms. The Morgan fingerprint density at radius 1 is 1.16 bits per heavy atom. The Kier molecular flexibility index (Phi) is 5.44. The molecule has 0 saturated carbocycles. The summed E-state index contributed by atoms with van der Waals surface area (Å²) >= 11 is 0. The third-order valence-corrected chi connectivity index (χ3v) is 5.07. The summed E-state index contributed by atoms with van der Waals surface area (Å²) in [5, 5.41) is 16.1. The third kappa shape index (κ3) is 4.00. The highest BCUT2D eigenvalue weighted by Crippen LogP contribution is 2.20. The number of hydrogen-bond acceptors (Lipinski definition) is 4. The van der Waals surface area contributed by atoms with Gasteiger partial charge in [-0.05, 0) is 54.8 Å². The molecule has 1 atom stereocenters. The van der Waals surface area contributed by atoms with Crippen molar-refractivity contribution < 1.29 is 14.6 Å². The lowest BCUT2D eigenvalue weighted by atomic mass is 10.1. The predicted octanol–water partition coefficient (Wildman–Crippen LogP) is 3.41. The number of carbonyl (C=O) groups is 1. The molecule has 0 aliphatic heterocycles. The molecule has 8 heteroatoms. The highest BCUT2D eigenvalue weighted by atomic mass is 16.5. The molecular formula is C23H22N4O4. The molecule has 2 aromatic heterocycles. The normalized spacial score (nSPS) is 11.9. The minimum Gasteiger partial charge on any atom is -0.497 e. The van der Waals surface area contributed by atoms with Crippen molar-refractivity contribution >= 4 is 11.6 Å². The first-order chi connectivity index (χ1) is 15.0. The van der Waals surface area contributed by atoms with Crippen LogP contribution in [0.4, 0.5) is 4.79 Å². The SMILES string of the molecule is COc1cccc(Cc2ccn3nc(C(C)NC(=O)O)n(-c4ccccc4)c(=O)c23)c1. The molecule has 0 bridgehead atoms. The second kappa shape index (κ2) is 8.35. The summed E-state index contributed by atoms with van der Waals surface area (Å²) in [6.45, 7) is 1.65. The summed E-state index contributed by atoms with van der Waals surface area (Å²) in [6.07, 6.45) is 1.06. The van der Waals surface area contributed by atoms with Crippen molar-refractivity contribution in [1.29, 1.82) is 0 Å². The van der Waals surface area contributed by atoms with Crippen LogP contribution >= 0.6 is 0 Å². The molecule has 0 aliphatic rings. The number of benzene rings is 2. The highest BCUT2D eigenvalue weighted by molar-refractivity contribution is 5.65. The fourth-order valence-electron chi connectivity index (χ4n) is 3.65. The maximum Gasteiger partial charge on any atom is 0.405 e. The zero-order valence-corrected chi connectivity index (χ0v) is 17.1. The van der Waals surface area contributed by atoms with Gasteiger partial charge in [0.15, 0.2) is 5.82 Å². The standard InChI is InChI=1S/C23H22N4O4/c1-15(24-23(29)30)21-25-26-12-11-17(13-16-7-6-10-19(14-16)31-2)20(26)22(28)27(21)18-8-4-3-5-9-18/h3-12,14-15,24H,13H2,1-2H3,(H,29,30). The average molecular weight is 418 g/mol. The van der Waals surface area contributed by atoms with Gasteiger partial charge in [-0.15, -0.1) is 0 Å². The second-order valence-corrected chi connectivity index (χ2v) is 7.17. The van der Waals surface area contributed by atoms with Crippen LogP contribution < -0.4 is 15.6 Å². The first kappa shape index (κ1) is 20.2. The Bertz CT molecular complexity index is 1290. The van der Waals surface area contributed by atoms with Crippen LogP contribution in [0.5, 0.6) is 5.75 Å². The minimum atomic E-state index is -1.19. The van der Waals surface area contributed by atoms with Gasteiger partial charge in [0.05, 0.1) is 18.8 Å². The molecule has 0 aliphatic carbocycles. The lowest BCUT2D eigenvalue weighted by molar-refractivity contribution is 0.190. The van der Waals surface area contributed by atoms with E-state index in [1.807, 2.05) is 48.5 Å². The summed E-state index contributed by atoms with van der Waals surface area (Å²) in [4.78, 5) is 24.8. The molecule has 0 saturated heterocycles. The van der Waals surface area contributed by atoms with Crippen LogP contribution in [0.1, 0.15) is 29.9 Å². The summed E-state index contributed by atoms with van der Waals surface area (Å²) in [6, 6.07) is 17.9. The van der Waals surface area contributed by atoms with Crippen LogP contribution in [-0.2, 0) is 6.42 Å². The average Bonchev–Trinajstić information content (AvgIpc) is 3.16. The van der Waals surface area contributed by atoms with Crippen LogP contribution in [0.15, 0.2) is 71.7 Å². The molecular weight excluding hydrogens is 396 g/mol. The number of fused-ring (bicyclic) bond motifs is 1. The van der Waals surface area contributed by atoms with E-state index >= 15 is 0 Å². The molecule has 0 radical (unpaired) electrons. The van der Waals surface area contributed by atoms with Gasteiger partial charge in [0.2, 0.25) is 0 Å². The van der Waals surface area contributed by atoms with E-state index in [0.717, 1.165) is 16.9 Å². The van der Waals surface area contributed by atoms with Crippen LogP contribution in [0, 0.1) is 0 Å². The number of amides is 1. The van der Waals surface area contributed by atoms with Crippen molar-refractivity contribution in [3.63, 3.8) is 0 Å². The van der Waals surface area contributed by atoms with Gasteiger partial charge < -0.3 is 15.2 Å².